The van der Waals surface area contributed by atoms with Gasteiger partial charge in [0, 0.05) is 33.8 Å². The Morgan fingerprint density at radius 3 is 2.59 bits per heavy atom. The van der Waals surface area contributed by atoms with E-state index in [1.165, 1.54) is 32.1 Å². The zero-order valence-corrected chi connectivity index (χ0v) is 14.4. The second kappa shape index (κ2) is 11.3. The Kier molecular flexibility index (Phi) is 9.62. The first-order valence-corrected chi connectivity index (χ1v) is 8.47. The molecule has 1 rings (SSSR count). The van der Waals surface area contributed by atoms with Gasteiger partial charge in [0.15, 0.2) is 5.96 Å². The van der Waals surface area contributed by atoms with Gasteiger partial charge in [-0.2, -0.15) is 0 Å². The van der Waals surface area contributed by atoms with Gasteiger partial charge in [-0.05, 0) is 26.2 Å². The molecular weight excluding hydrogens is 280 g/mol. The van der Waals surface area contributed by atoms with Crippen molar-refractivity contribution in [2.45, 2.75) is 51.6 Å². The first kappa shape index (κ1) is 18.7. The summed E-state index contributed by atoms with van der Waals surface area (Å²) in [6.07, 6.45) is 7.81. The van der Waals surface area contributed by atoms with Crippen molar-refractivity contribution in [1.29, 1.82) is 0 Å². The molecule has 0 bridgehead atoms. The molecule has 6 nitrogen and oxygen atoms in total. The number of ether oxygens (including phenoxy) is 1. The lowest BCUT2D eigenvalue weighted by Crippen LogP contribution is -2.39. The van der Waals surface area contributed by atoms with Crippen molar-refractivity contribution in [3.8, 4) is 0 Å². The van der Waals surface area contributed by atoms with Crippen LogP contribution in [0.1, 0.15) is 45.4 Å². The summed E-state index contributed by atoms with van der Waals surface area (Å²) in [5.41, 5.74) is 0. The van der Waals surface area contributed by atoms with E-state index in [1.807, 2.05) is 6.92 Å². The number of carbonyl (C=O) groups excluding carboxylic acids is 1. The van der Waals surface area contributed by atoms with Crippen molar-refractivity contribution >= 4 is 11.9 Å². The number of aliphatic imine (C=N–C) groups is 1. The number of likely N-dealkylation sites (N-methyl/N-ethyl adjacent to an activating group) is 1. The van der Waals surface area contributed by atoms with Gasteiger partial charge in [-0.3, -0.25) is 4.79 Å². The summed E-state index contributed by atoms with van der Waals surface area (Å²) in [7, 11) is 3.47. The summed E-state index contributed by atoms with van der Waals surface area (Å²) >= 11 is 0. The maximum absolute atomic E-state index is 11.5. The van der Waals surface area contributed by atoms with Gasteiger partial charge in [-0.1, -0.05) is 19.3 Å². The number of rotatable bonds is 8. The molecule has 0 radical (unpaired) electrons. The molecule has 0 spiro atoms. The Balaban J connectivity index is 2.17. The van der Waals surface area contributed by atoms with E-state index in [9.17, 15) is 4.79 Å². The Morgan fingerprint density at radius 1 is 1.23 bits per heavy atom. The third-order valence-electron chi connectivity index (χ3n) is 3.73. The van der Waals surface area contributed by atoms with Crippen LogP contribution in [0.25, 0.3) is 0 Å². The molecule has 6 heteroatoms. The highest BCUT2D eigenvalue weighted by Gasteiger charge is 2.13. The van der Waals surface area contributed by atoms with E-state index in [4.69, 9.17) is 4.74 Å². The third kappa shape index (κ3) is 8.22. The summed E-state index contributed by atoms with van der Waals surface area (Å²) in [6, 6.07) is 0. The average Bonchev–Trinajstić information content (AvgIpc) is 2.52. The minimum atomic E-state index is -0.00200. The van der Waals surface area contributed by atoms with E-state index in [1.54, 1.807) is 19.0 Å². The van der Waals surface area contributed by atoms with Crippen LogP contribution in [0.5, 0.6) is 0 Å². The molecule has 0 unspecified atom stereocenters. The second-order valence-electron chi connectivity index (χ2n) is 5.89. The molecule has 128 valence electrons. The predicted octanol–water partition coefficient (Wildman–Crippen LogP) is 1.37. The maximum atomic E-state index is 11.5. The minimum Gasteiger partial charge on any atom is -0.378 e. The topological polar surface area (TPSA) is 66.0 Å². The maximum Gasteiger partial charge on any atom is 0.243 e. The first-order chi connectivity index (χ1) is 10.6. The van der Waals surface area contributed by atoms with Crippen LogP contribution in [-0.2, 0) is 9.53 Å². The zero-order chi connectivity index (χ0) is 16.2. The second-order valence-corrected chi connectivity index (χ2v) is 5.89. The molecular formula is C16H32N4O2. The SMILES string of the molecule is CCNC(=NCC(=O)N(C)C)NCCCOC1CCCCC1. The fourth-order valence-corrected chi connectivity index (χ4v) is 2.39. The average molecular weight is 312 g/mol. The van der Waals surface area contributed by atoms with Crippen molar-refractivity contribution in [2.24, 2.45) is 4.99 Å². The number of nitrogens with one attached hydrogen (secondary N) is 2. The molecule has 1 saturated carbocycles. The number of hydrogen-bond donors (Lipinski definition) is 2. The summed E-state index contributed by atoms with van der Waals surface area (Å²) in [6.45, 7) is 4.54. The van der Waals surface area contributed by atoms with Gasteiger partial charge in [0.1, 0.15) is 6.54 Å². The molecule has 0 atom stereocenters. The fraction of sp³-hybridized carbons (Fsp3) is 0.875. The smallest absolute Gasteiger partial charge is 0.243 e. The van der Waals surface area contributed by atoms with E-state index in [0.29, 0.717) is 12.1 Å². The third-order valence-corrected chi connectivity index (χ3v) is 3.73. The summed E-state index contributed by atoms with van der Waals surface area (Å²) in [5, 5.41) is 6.39. The van der Waals surface area contributed by atoms with Crippen LogP contribution in [0.15, 0.2) is 4.99 Å². The number of hydrogen-bond acceptors (Lipinski definition) is 3. The molecule has 0 aliphatic heterocycles. The van der Waals surface area contributed by atoms with Crippen molar-refractivity contribution in [3.05, 3.63) is 0 Å². The first-order valence-electron chi connectivity index (χ1n) is 8.47. The number of nitrogens with zero attached hydrogens (tertiary/aromatic N) is 2. The van der Waals surface area contributed by atoms with E-state index >= 15 is 0 Å². The van der Waals surface area contributed by atoms with Crippen LogP contribution in [-0.4, -0.2) is 63.2 Å². The van der Waals surface area contributed by atoms with E-state index < -0.39 is 0 Å². The van der Waals surface area contributed by atoms with Crippen LogP contribution >= 0.6 is 0 Å². The standard InChI is InChI=1S/C16H32N4O2/c1-4-17-16(19-13-15(21)20(2)3)18-11-8-12-22-14-9-6-5-7-10-14/h14H,4-13H2,1-3H3,(H2,17,18,19). The van der Waals surface area contributed by atoms with E-state index in [2.05, 4.69) is 15.6 Å². The van der Waals surface area contributed by atoms with E-state index in [-0.39, 0.29) is 12.5 Å². The molecule has 0 aromatic heterocycles. The number of guanidine groups is 1. The molecule has 0 aromatic carbocycles. The van der Waals surface area contributed by atoms with Gasteiger partial charge in [-0.15, -0.1) is 0 Å². The van der Waals surface area contributed by atoms with Gasteiger partial charge in [0.05, 0.1) is 6.10 Å². The molecule has 22 heavy (non-hydrogen) atoms. The van der Waals surface area contributed by atoms with Crippen molar-refractivity contribution in [2.75, 3.05) is 40.3 Å². The summed E-state index contributed by atoms with van der Waals surface area (Å²) < 4.78 is 5.89. The van der Waals surface area contributed by atoms with Crippen LogP contribution < -0.4 is 10.6 Å². The number of carbonyl (C=O) groups is 1. The van der Waals surface area contributed by atoms with Crippen molar-refractivity contribution < 1.29 is 9.53 Å². The van der Waals surface area contributed by atoms with Crippen LogP contribution in [0.2, 0.25) is 0 Å². The number of amides is 1. The normalized spacial score (nSPS) is 16.4. The zero-order valence-electron chi connectivity index (χ0n) is 14.4. The molecule has 0 aromatic rings. The molecule has 1 amide bonds. The van der Waals surface area contributed by atoms with Gasteiger partial charge in [-0.25, -0.2) is 4.99 Å². The molecule has 1 aliphatic carbocycles. The highest BCUT2D eigenvalue weighted by Crippen LogP contribution is 2.20. The van der Waals surface area contributed by atoms with Crippen LogP contribution in [0, 0.1) is 0 Å². The Labute approximate surface area is 134 Å². The highest BCUT2D eigenvalue weighted by molar-refractivity contribution is 5.84. The Bertz CT molecular complexity index is 339. The lowest BCUT2D eigenvalue weighted by Gasteiger charge is -2.22. The molecule has 0 heterocycles. The van der Waals surface area contributed by atoms with Gasteiger partial charge < -0.3 is 20.3 Å². The van der Waals surface area contributed by atoms with Crippen LogP contribution in [0.4, 0.5) is 0 Å². The fourth-order valence-electron chi connectivity index (χ4n) is 2.39. The predicted molar refractivity (Wildman–Crippen MR) is 90.1 cm³/mol. The molecule has 0 saturated heterocycles. The van der Waals surface area contributed by atoms with E-state index in [0.717, 1.165) is 26.1 Å². The monoisotopic (exact) mass is 312 g/mol. The lowest BCUT2D eigenvalue weighted by atomic mass is 9.98. The van der Waals surface area contributed by atoms with Gasteiger partial charge in [0.25, 0.3) is 0 Å². The Hall–Kier alpha value is -1.30. The van der Waals surface area contributed by atoms with Crippen molar-refractivity contribution in [3.63, 3.8) is 0 Å². The quantitative estimate of drug-likeness (QED) is 0.404. The molecule has 1 fully saturated rings. The summed E-state index contributed by atoms with van der Waals surface area (Å²) in [4.78, 5) is 17.4. The minimum absolute atomic E-state index is 0.00200. The molecule has 2 N–H and O–H groups in total. The largest absolute Gasteiger partial charge is 0.378 e. The molecule has 1 aliphatic rings. The van der Waals surface area contributed by atoms with Crippen molar-refractivity contribution in [1.82, 2.24) is 15.5 Å². The highest BCUT2D eigenvalue weighted by atomic mass is 16.5. The van der Waals surface area contributed by atoms with Gasteiger partial charge >= 0.3 is 0 Å². The lowest BCUT2D eigenvalue weighted by molar-refractivity contribution is -0.127. The summed E-state index contributed by atoms with van der Waals surface area (Å²) in [5.74, 6) is 0.688. The van der Waals surface area contributed by atoms with Gasteiger partial charge in [0.2, 0.25) is 5.91 Å². The Morgan fingerprint density at radius 2 is 1.95 bits per heavy atom. The van der Waals surface area contributed by atoms with Crippen LogP contribution in [0.3, 0.4) is 0 Å².